The number of nitrogens with one attached hydrogen (secondary N) is 1. The zero-order valence-corrected chi connectivity index (χ0v) is 9.69. The molecule has 1 unspecified atom stereocenters. The molecule has 2 rings (SSSR count). The molecule has 1 aromatic carbocycles. The molecule has 1 amide bonds. The lowest BCUT2D eigenvalue weighted by atomic mass is 10.1. The molecule has 0 radical (unpaired) electrons. The summed E-state index contributed by atoms with van der Waals surface area (Å²) in [5.74, 6) is 0.0592. The molecule has 1 aromatic rings. The summed E-state index contributed by atoms with van der Waals surface area (Å²) >= 11 is 0. The molecular weight excluding hydrogens is 218 g/mol. The molecule has 17 heavy (non-hydrogen) atoms. The van der Waals surface area contributed by atoms with E-state index in [0.29, 0.717) is 18.2 Å². The molecule has 0 saturated carbocycles. The Morgan fingerprint density at radius 2 is 2.18 bits per heavy atom. The molecule has 1 aliphatic rings. The molecular formula is C13H17NO3. The van der Waals surface area contributed by atoms with Crippen LogP contribution in [0.3, 0.4) is 0 Å². The number of benzene rings is 1. The van der Waals surface area contributed by atoms with E-state index in [1.165, 1.54) is 12.1 Å². The summed E-state index contributed by atoms with van der Waals surface area (Å²) in [6.45, 7) is 1.47. The highest BCUT2D eigenvalue weighted by Crippen LogP contribution is 2.14. The van der Waals surface area contributed by atoms with Gasteiger partial charge in [0.1, 0.15) is 5.75 Å². The number of amides is 1. The van der Waals surface area contributed by atoms with Crippen molar-refractivity contribution in [2.24, 2.45) is 0 Å². The Morgan fingerprint density at radius 3 is 2.82 bits per heavy atom. The van der Waals surface area contributed by atoms with Crippen LogP contribution in [0.2, 0.25) is 0 Å². The fourth-order valence-corrected chi connectivity index (χ4v) is 1.93. The summed E-state index contributed by atoms with van der Waals surface area (Å²) in [5, 5.41) is 12.0. The van der Waals surface area contributed by atoms with Crippen LogP contribution < -0.4 is 5.32 Å². The second kappa shape index (κ2) is 5.68. The fourth-order valence-electron chi connectivity index (χ4n) is 1.93. The van der Waals surface area contributed by atoms with Gasteiger partial charge in [0.25, 0.3) is 5.91 Å². The summed E-state index contributed by atoms with van der Waals surface area (Å²) in [6, 6.07) is 6.23. The van der Waals surface area contributed by atoms with Gasteiger partial charge in [-0.1, -0.05) is 0 Å². The Balaban J connectivity index is 1.75. The largest absolute Gasteiger partial charge is 0.508 e. The van der Waals surface area contributed by atoms with Gasteiger partial charge < -0.3 is 15.2 Å². The molecule has 1 fully saturated rings. The predicted molar refractivity (Wildman–Crippen MR) is 64.0 cm³/mol. The van der Waals surface area contributed by atoms with Gasteiger partial charge in [0.05, 0.1) is 6.10 Å². The van der Waals surface area contributed by atoms with Crippen molar-refractivity contribution < 1.29 is 14.6 Å². The van der Waals surface area contributed by atoms with Crippen LogP contribution in [0.25, 0.3) is 0 Å². The molecule has 1 saturated heterocycles. The molecule has 92 valence electrons. The van der Waals surface area contributed by atoms with Crippen molar-refractivity contribution in [3.63, 3.8) is 0 Å². The number of carbonyl (C=O) groups excluding carboxylic acids is 1. The maximum Gasteiger partial charge on any atom is 0.251 e. The third kappa shape index (κ3) is 3.46. The van der Waals surface area contributed by atoms with Gasteiger partial charge in [0.15, 0.2) is 0 Å². The number of hydrogen-bond acceptors (Lipinski definition) is 3. The highest BCUT2D eigenvalue weighted by molar-refractivity contribution is 5.94. The number of ether oxygens (including phenoxy) is 1. The van der Waals surface area contributed by atoms with E-state index in [-0.39, 0.29) is 11.7 Å². The van der Waals surface area contributed by atoms with E-state index in [0.717, 1.165) is 25.9 Å². The summed E-state index contributed by atoms with van der Waals surface area (Å²) < 4.78 is 5.47. The highest BCUT2D eigenvalue weighted by atomic mass is 16.5. The fraction of sp³-hybridized carbons (Fsp3) is 0.462. The van der Waals surface area contributed by atoms with Crippen LogP contribution in [-0.2, 0) is 4.74 Å². The number of phenols is 1. The van der Waals surface area contributed by atoms with Crippen LogP contribution in [0, 0.1) is 0 Å². The lowest BCUT2D eigenvalue weighted by Gasteiger charge is -2.10. The Labute approximate surface area is 101 Å². The van der Waals surface area contributed by atoms with E-state index < -0.39 is 0 Å². The average Bonchev–Trinajstić information content (AvgIpc) is 2.83. The van der Waals surface area contributed by atoms with Crippen molar-refractivity contribution in [3.05, 3.63) is 29.8 Å². The Kier molecular flexibility index (Phi) is 3.98. The van der Waals surface area contributed by atoms with Crippen molar-refractivity contribution >= 4 is 5.91 Å². The van der Waals surface area contributed by atoms with Gasteiger partial charge in [0.2, 0.25) is 0 Å². The van der Waals surface area contributed by atoms with Crippen molar-refractivity contribution in [1.82, 2.24) is 5.32 Å². The number of hydrogen-bond donors (Lipinski definition) is 2. The summed E-state index contributed by atoms with van der Waals surface area (Å²) in [7, 11) is 0. The molecule has 0 bridgehead atoms. The van der Waals surface area contributed by atoms with Crippen LogP contribution in [0.5, 0.6) is 5.75 Å². The van der Waals surface area contributed by atoms with E-state index in [9.17, 15) is 4.79 Å². The maximum absolute atomic E-state index is 11.7. The maximum atomic E-state index is 11.7. The van der Waals surface area contributed by atoms with E-state index in [4.69, 9.17) is 9.84 Å². The quantitative estimate of drug-likeness (QED) is 0.835. The Bertz CT molecular complexity index is 369. The Morgan fingerprint density at radius 1 is 1.41 bits per heavy atom. The molecule has 0 aromatic heterocycles. The third-order valence-electron chi connectivity index (χ3n) is 2.91. The average molecular weight is 235 g/mol. The number of aromatic hydroxyl groups is 1. The first kappa shape index (κ1) is 11.9. The van der Waals surface area contributed by atoms with Gasteiger partial charge in [-0.25, -0.2) is 0 Å². The van der Waals surface area contributed by atoms with Gasteiger partial charge in [-0.15, -0.1) is 0 Å². The normalized spacial score (nSPS) is 19.2. The Hall–Kier alpha value is -1.55. The topological polar surface area (TPSA) is 58.6 Å². The van der Waals surface area contributed by atoms with Gasteiger partial charge >= 0.3 is 0 Å². The first-order valence-electron chi connectivity index (χ1n) is 5.94. The molecule has 1 atom stereocenters. The minimum atomic E-state index is -0.108. The molecule has 0 spiro atoms. The van der Waals surface area contributed by atoms with Crippen molar-refractivity contribution in [2.45, 2.75) is 25.4 Å². The molecule has 1 aliphatic heterocycles. The van der Waals surface area contributed by atoms with Crippen LogP contribution in [0.1, 0.15) is 29.6 Å². The molecule has 4 heteroatoms. The lowest BCUT2D eigenvalue weighted by Crippen LogP contribution is -2.26. The highest BCUT2D eigenvalue weighted by Gasteiger charge is 2.15. The van der Waals surface area contributed by atoms with E-state index in [1.807, 2.05) is 0 Å². The number of phenolic OH excluding ortho intramolecular Hbond substituents is 1. The van der Waals surface area contributed by atoms with Crippen molar-refractivity contribution in [2.75, 3.05) is 13.2 Å². The second-order valence-electron chi connectivity index (χ2n) is 4.23. The van der Waals surface area contributed by atoms with Crippen molar-refractivity contribution in [3.8, 4) is 5.75 Å². The SMILES string of the molecule is O=C(NCCC1CCCO1)c1ccc(O)cc1. The smallest absolute Gasteiger partial charge is 0.251 e. The van der Waals surface area contributed by atoms with Gasteiger partial charge in [-0.2, -0.15) is 0 Å². The van der Waals surface area contributed by atoms with E-state index >= 15 is 0 Å². The third-order valence-corrected chi connectivity index (χ3v) is 2.91. The monoisotopic (exact) mass is 235 g/mol. The molecule has 1 heterocycles. The summed E-state index contributed by atoms with van der Waals surface area (Å²) in [5.41, 5.74) is 0.565. The summed E-state index contributed by atoms with van der Waals surface area (Å²) in [6.07, 6.45) is 3.38. The zero-order chi connectivity index (χ0) is 12.1. The van der Waals surface area contributed by atoms with Gasteiger partial charge in [-0.05, 0) is 43.5 Å². The summed E-state index contributed by atoms with van der Waals surface area (Å²) in [4.78, 5) is 11.7. The van der Waals surface area contributed by atoms with Gasteiger partial charge in [-0.3, -0.25) is 4.79 Å². The molecule has 4 nitrogen and oxygen atoms in total. The molecule has 0 aliphatic carbocycles. The standard InChI is InChI=1S/C13H17NO3/c15-11-5-3-10(4-6-11)13(16)14-8-7-12-2-1-9-17-12/h3-6,12,15H,1-2,7-9H2,(H,14,16). The van der Waals surface area contributed by atoms with Crippen LogP contribution in [0.15, 0.2) is 24.3 Å². The predicted octanol–water partition coefficient (Wildman–Crippen LogP) is 1.69. The lowest BCUT2D eigenvalue weighted by molar-refractivity contribution is 0.0907. The first-order chi connectivity index (χ1) is 8.25. The first-order valence-corrected chi connectivity index (χ1v) is 5.94. The van der Waals surface area contributed by atoms with Crippen LogP contribution >= 0.6 is 0 Å². The van der Waals surface area contributed by atoms with Crippen molar-refractivity contribution in [1.29, 1.82) is 0 Å². The number of rotatable bonds is 4. The van der Waals surface area contributed by atoms with E-state index in [1.54, 1.807) is 12.1 Å². The van der Waals surface area contributed by atoms with Gasteiger partial charge in [0, 0.05) is 18.7 Å². The van der Waals surface area contributed by atoms with Crippen LogP contribution in [0.4, 0.5) is 0 Å². The van der Waals surface area contributed by atoms with E-state index in [2.05, 4.69) is 5.32 Å². The van der Waals surface area contributed by atoms with Crippen LogP contribution in [-0.4, -0.2) is 30.3 Å². The number of carbonyl (C=O) groups is 1. The molecule has 2 N–H and O–H groups in total. The minimum Gasteiger partial charge on any atom is -0.508 e. The zero-order valence-electron chi connectivity index (χ0n) is 9.69. The minimum absolute atomic E-state index is 0.108. The second-order valence-corrected chi connectivity index (χ2v) is 4.23.